The maximum Gasteiger partial charge on any atom is 0.331 e. The zero-order chi connectivity index (χ0) is 20.2. The fourth-order valence-corrected chi connectivity index (χ4v) is 4.41. The second-order valence-corrected chi connectivity index (χ2v) is 8.00. The normalized spacial score (nSPS) is 17.9. The van der Waals surface area contributed by atoms with Crippen LogP contribution >= 0.6 is 11.8 Å². The number of esters is 1. The Hall–Kier alpha value is -1.92. The van der Waals surface area contributed by atoms with Crippen molar-refractivity contribution in [1.29, 1.82) is 0 Å². The first-order chi connectivity index (χ1) is 13.6. The first kappa shape index (κ1) is 22.4. The fraction of sp³-hybridized carbons (Fsp3) is 0.500. The molecule has 1 aliphatic rings. The third-order valence-corrected chi connectivity index (χ3v) is 6.17. The van der Waals surface area contributed by atoms with Crippen molar-refractivity contribution >= 4 is 17.7 Å². The van der Waals surface area contributed by atoms with Gasteiger partial charge in [0, 0.05) is 18.9 Å². The van der Waals surface area contributed by atoms with Gasteiger partial charge in [-0.15, -0.1) is 11.8 Å². The van der Waals surface area contributed by atoms with Crippen molar-refractivity contribution in [2.45, 2.75) is 38.6 Å². The zero-order valence-electron chi connectivity index (χ0n) is 16.6. The summed E-state index contributed by atoms with van der Waals surface area (Å²) in [5, 5.41) is 3.29. The number of rotatable bonds is 12. The van der Waals surface area contributed by atoms with Crippen LogP contribution in [0.2, 0.25) is 0 Å². The number of hydrogen-bond donors (Lipinski definition) is 0. The molecule has 0 saturated carbocycles. The molecule has 0 aromatic heterocycles. The molecule has 2 rings (SSSR count). The van der Waals surface area contributed by atoms with E-state index in [1.54, 1.807) is 0 Å². The lowest BCUT2D eigenvalue weighted by atomic mass is 10.0. The van der Waals surface area contributed by atoms with E-state index in [1.165, 1.54) is 17.6 Å². The van der Waals surface area contributed by atoms with Gasteiger partial charge < -0.3 is 9.47 Å². The molecule has 0 fully saturated rings. The number of benzene rings is 1. The number of hydrogen-bond acceptors (Lipinski definition) is 6. The standard InChI is InChI=1S/C22H29NO4S/c1-17-9-10-19(22(17)28-14-6-13-27-16-21(24)26-2)11-12-20(23-25)15-18-7-4-3-5-8-18/h3-5,7-8,11-12,19-20H,6,9-10,13-16H2,1-2H3/b12-11+. The molecule has 0 N–H and O–H groups in total. The van der Waals surface area contributed by atoms with Crippen LogP contribution in [0, 0.1) is 10.8 Å². The molecule has 0 aliphatic heterocycles. The van der Waals surface area contributed by atoms with Gasteiger partial charge in [0.05, 0.1) is 7.11 Å². The van der Waals surface area contributed by atoms with E-state index in [0.29, 0.717) is 18.9 Å². The zero-order valence-corrected chi connectivity index (χ0v) is 17.5. The molecule has 0 heterocycles. The number of ether oxygens (including phenoxy) is 2. The van der Waals surface area contributed by atoms with Gasteiger partial charge in [-0.25, -0.2) is 4.79 Å². The molecule has 5 nitrogen and oxygen atoms in total. The summed E-state index contributed by atoms with van der Waals surface area (Å²) in [5.41, 5.74) is 2.55. The highest BCUT2D eigenvalue weighted by Crippen LogP contribution is 2.40. The number of thioether (sulfide) groups is 1. The van der Waals surface area contributed by atoms with E-state index in [1.807, 2.05) is 48.2 Å². The second-order valence-electron chi connectivity index (χ2n) is 6.87. The predicted octanol–water partition coefficient (Wildman–Crippen LogP) is 4.92. The van der Waals surface area contributed by atoms with Crippen LogP contribution in [0.1, 0.15) is 31.7 Å². The summed E-state index contributed by atoms with van der Waals surface area (Å²) in [5.74, 6) is 0.958. The first-order valence-corrected chi connectivity index (χ1v) is 10.6. The van der Waals surface area contributed by atoms with Gasteiger partial charge in [-0.2, -0.15) is 4.91 Å². The van der Waals surface area contributed by atoms with E-state index in [0.717, 1.165) is 30.6 Å². The smallest absolute Gasteiger partial charge is 0.331 e. The highest BCUT2D eigenvalue weighted by molar-refractivity contribution is 8.03. The molecule has 0 saturated heterocycles. The van der Waals surface area contributed by atoms with Gasteiger partial charge in [0.15, 0.2) is 0 Å². The second kappa shape index (κ2) is 12.5. The topological polar surface area (TPSA) is 65.0 Å². The number of nitrogens with zero attached hydrogens (tertiary/aromatic N) is 1. The maximum atomic E-state index is 11.2. The molecule has 6 heteroatoms. The Bertz CT molecular complexity index is 687. The number of methoxy groups -OCH3 is 1. The molecule has 0 spiro atoms. The molecular weight excluding hydrogens is 374 g/mol. The van der Waals surface area contributed by atoms with Gasteiger partial charge in [0.1, 0.15) is 12.6 Å². The van der Waals surface area contributed by atoms with Gasteiger partial charge in [-0.3, -0.25) is 0 Å². The Morgan fingerprint density at radius 1 is 1.36 bits per heavy atom. The fourth-order valence-electron chi connectivity index (χ4n) is 3.17. The van der Waals surface area contributed by atoms with Crippen LogP contribution in [0.3, 0.4) is 0 Å². The monoisotopic (exact) mass is 403 g/mol. The van der Waals surface area contributed by atoms with Crippen LogP contribution in [-0.4, -0.2) is 38.1 Å². The van der Waals surface area contributed by atoms with Crippen molar-refractivity contribution in [3.05, 3.63) is 63.4 Å². The van der Waals surface area contributed by atoms with Crippen molar-refractivity contribution in [3.63, 3.8) is 0 Å². The maximum absolute atomic E-state index is 11.2. The van der Waals surface area contributed by atoms with Crippen LogP contribution in [-0.2, 0) is 20.7 Å². The summed E-state index contributed by atoms with van der Waals surface area (Å²) in [6.07, 6.45) is 7.80. The van der Waals surface area contributed by atoms with Crippen molar-refractivity contribution < 1.29 is 14.3 Å². The van der Waals surface area contributed by atoms with Crippen molar-refractivity contribution in [3.8, 4) is 0 Å². The average Bonchev–Trinajstić information content (AvgIpc) is 3.07. The first-order valence-electron chi connectivity index (χ1n) is 9.65. The van der Waals surface area contributed by atoms with Crippen LogP contribution in [0.25, 0.3) is 0 Å². The van der Waals surface area contributed by atoms with Gasteiger partial charge in [-0.05, 0) is 42.4 Å². The number of nitroso groups, excluding NO2 is 1. The Kier molecular flexibility index (Phi) is 10.0. The number of carbonyl (C=O) groups excluding carboxylic acids is 1. The van der Waals surface area contributed by atoms with Gasteiger partial charge in [0.25, 0.3) is 0 Å². The highest BCUT2D eigenvalue weighted by Gasteiger charge is 2.21. The van der Waals surface area contributed by atoms with E-state index < -0.39 is 0 Å². The molecule has 0 radical (unpaired) electrons. The molecule has 0 amide bonds. The van der Waals surface area contributed by atoms with E-state index in [2.05, 4.69) is 22.9 Å². The van der Waals surface area contributed by atoms with Crippen molar-refractivity contribution in [2.75, 3.05) is 26.1 Å². The molecule has 152 valence electrons. The van der Waals surface area contributed by atoms with E-state index in [9.17, 15) is 9.70 Å². The Morgan fingerprint density at radius 2 is 2.14 bits per heavy atom. The number of carbonyl (C=O) groups is 1. The lowest BCUT2D eigenvalue weighted by Gasteiger charge is -2.12. The number of allylic oxidation sites excluding steroid dienone is 3. The van der Waals surface area contributed by atoms with E-state index in [4.69, 9.17) is 4.74 Å². The summed E-state index contributed by atoms with van der Waals surface area (Å²) in [6, 6.07) is 9.64. The Balaban J connectivity index is 1.79. The lowest BCUT2D eigenvalue weighted by Crippen LogP contribution is -2.11. The average molecular weight is 404 g/mol. The van der Waals surface area contributed by atoms with Crippen LogP contribution in [0.5, 0.6) is 0 Å². The summed E-state index contributed by atoms with van der Waals surface area (Å²) in [4.78, 5) is 23.6. The van der Waals surface area contributed by atoms with Gasteiger partial charge in [-0.1, -0.05) is 53.2 Å². The van der Waals surface area contributed by atoms with Crippen LogP contribution < -0.4 is 0 Å². The molecule has 2 atom stereocenters. The molecule has 1 aliphatic carbocycles. The van der Waals surface area contributed by atoms with Crippen LogP contribution in [0.15, 0.2) is 58.1 Å². The third-order valence-electron chi connectivity index (χ3n) is 4.71. The summed E-state index contributed by atoms with van der Waals surface area (Å²) in [6.45, 7) is 2.74. The minimum atomic E-state index is -0.346. The van der Waals surface area contributed by atoms with Crippen molar-refractivity contribution in [2.24, 2.45) is 11.1 Å². The van der Waals surface area contributed by atoms with Gasteiger partial charge in [0.2, 0.25) is 0 Å². The van der Waals surface area contributed by atoms with E-state index >= 15 is 0 Å². The lowest BCUT2D eigenvalue weighted by molar-refractivity contribution is -0.145. The molecule has 28 heavy (non-hydrogen) atoms. The minimum Gasteiger partial charge on any atom is -0.467 e. The predicted molar refractivity (Wildman–Crippen MR) is 114 cm³/mol. The molecule has 1 aromatic rings. The Morgan fingerprint density at radius 3 is 2.86 bits per heavy atom. The highest BCUT2D eigenvalue weighted by atomic mass is 32.2. The Labute approximate surface area is 171 Å². The minimum absolute atomic E-state index is 0.00967. The van der Waals surface area contributed by atoms with Gasteiger partial charge >= 0.3 is 5.97 Å². The summed E-state index contributed by atoms with van der Waals surface area (Å²) < 4.78 is 9.83. The molecule has 0 bridgehead atoms. The quantitative estimate of drug-likeness (QED) is 0.215. The molecule has 2 unspecified atom stereocenters. The third kappa shape index (κ3) is 7.60. The molecular formula is C22H29NO4S. The van der Waals surface area contributed by atoms with Crippen molar-refractivity contribution in [1.82, 2.24) is 0 Å². The SMILES string of the molecule is COC(=O)COCCCSC1=C(C)CCC1/C=C/C(Cc1ccccc1)N=O. The summed E-state index contributed by atoms with van der Waals surface area (Å²) >= 11 is 1.85. The van der Waals surface area contributed by atoms with E-state index in [-0.39, 0.29) is 18.6 Å². The largest absolute Gasteiger partial charge is 0.467 e. The van der Waals surface area contributed by atoms with Crippen LogP contribution in [0.4, 0.5) is 0 Å². The summed E-state index contributed by atoms with van der Waals surface area (Å²) in [7, 11) is 1.36. The molecule has 1 aromatic carbocycles.